The monoisotopic (exact) mass is 624 g/mol. The quantitative estimate of drug-likeness (QED) is 0.190. The molecule has 0 radical (unpaired) electrons. The molecule has 242 valence electrons. The van der Waals surface area contributed by atoms with Crippen molar-refractivity contribution >= 4 is 5.78 Å². The molecule has 0 amide bonds. The van der Waals surface area contributed by atoms with Gasteiger partial charge >= 0.3 is 0 Å². The molecule has 3 aliphatic rings. The van der Waals surface area contributed by atoms with E-state index >= 15 is 0 Å². The third-order valence-corrected chi connectivity index (χ3v) is 7.91. The van der Waals surface area contributed by atoms with Crippen molar-refractivity contribution in [2.75, 3.05) is 20.8 Å². The summed E-state index contributed by atoms with van der Waals surface area (Å²) in [5, 5.41) is 72.3. The second-order valence-corrected chi connectivity index (χ2v) is 10.8. The summed E-state index contributed by atoms with van der Waals surface area (Å²) in [5.74, 6) is -0.00697. The van der Waals surface area contributed by atoms with Gasteiger partial charge < -0.3 is 68.9 Å². The second kappa shape index (κ2) is 13.0. The van der Waals surface area contributed by atoms with Crippen molar-refractivity contribution in [1.82, 2.24) is 0 Å². The fraction of sp³-hybridized carbons (Fsp3) is 0.552. The number of phenolic OH excluding ortho intramolecular Hbond substituents is 1. The van der Waals surface area contributed by atoms with E-state index in [1.165, 1.54) is 27.2 Å². The summed E-state index contributed by atoms with van der Waals surface area (Å²) in [6.45, 7) is 0.982. The summed E-state index contributed by atoms with van der Waals surface area (Å²) < 4.78 is 38.9. The molecule has 2 aromatic rings. The highest BCUT2D eigenvalue weighted by Crippen LogP contribution is 2.43. The van der Waals surface area contributed by atoms with Crippen molar-refractivity contribution in [3.63, 3.8) is 0 Å². The van der Waals surface area contributed by atoms with Gasteiger partial charge in [0.1, 0.15) is 71.6 Å². The van der Waals surface area contributed by atoms with Crippen LogP contribution in [0.4, 0.5) is 0 Å². The summed E-state index contributed by atoms with van der Waals surface area (Å²) >= 11 is 0. The molecular weight excluding hydrogens is 588 g/mol. The average Bonchev–Trinajstić information content (AvgIpc) is 3.01. The molecule has 7 N–H and O–H groups in total. The fourth-order valence-electron chi connectivity index (χ4n) is 5.35. The second-order valence-electron chi connectivity index (χ2n) is 10.8. The molecule has 44 heavy (non-hydrogen) atoms. The standard InChI is InChI=1S/C29H36O15/c1-11-22(32)24(34)26(36)28(41-11)40-10-20-23(33)25(35)27(37)29(44-20)42-13-7-14(30)21-15(31)9-17(43-19(21)8-13)12-4-5-16(38-2)18(6-12)39-3/h4-8,11,17,20,22-30,32-37H,9-10H2,1-3H3/t11?,17?,20?,22-,23+,24?,25-,26-,27?,28+,29+/m0/s1. The molecule has 3 heterocycles. The van der Waals surface area contributed by atoms with Crippen LogP contribution in [0.3, 0.4) is 0 Å². The molecular formula is C29H36O15. The van der Waals surface area contributed by atoms with E-state index in [0.717, 1.165) is 6.07 Å². The number of Topliss-reactive ketones (excluding diaryl/α,β-unsaturated/α-hetero) is 1. The van der Waals surface area contributed by atoms with Gasteiger partial charge in [-0.2, -0.15) is 0 Å². The number of carbonyl (C=O) groups is 1. The highest BCUT2D eigenvalue weighted by atomic mass is 16.7. The number of aliphatic hydroxyl groups is 6. The molecule has 15 nitrogen and oxygen atoms in total. The van der Waals surface area contributed by atoms with Gasteiger partial charge in [0, 0.05) is 12.1 Å². The Bertz CT molecular complexity index is 1340. The first kappa shape index (κ1) is 32.2. The fourth-order valence-corrected chi connectivity index (χ4v) is 5.35. The predicted molar refractivity (Wildman–Crippen MR) is 146 cm³/mol. The predicted octanol–water partition coefficient (Wildman–Crippen LogP) is -0.854. The van der Waals surface area contributed by atoms with Crippen LogP contribution in [0.15, 0.2) is 30.3 Å². The number of hydrogen-bond acceptors (Lipinski definition) is 15. The number of methoxy groups -OCH3 is 2. The third kappa shape index (κ3) is 6.15. The summed E-state index contributed by atoms with van der Waals surface area (Å²) in [6, 6.07) is 7.50. The summed E-state index contributed by atoms with van der Waals surface area (Å²) in [6.07, 6.45) is -15.7. The third-order valence-electron chi connectivity index (χ3n) is 7.91. The lowest BCUT2D eigenvalue weighted by Gasteiger charge is -2.42. The van der Waals surface area contributed by atoms with E-state index in [1.807, 2.05) is 0 Å². The van der Waals surface area contributed by atoms with Crippen molar-refractivity contribution in [3.05, 3.63) is 41.5 Å². The maximum atomic E-state index is 13.0. The van der Waals surface area contributed by atoms with E-state index in [4.69, 9.17) is 33.2 Å². The Hall–Kier alpha value is -3.25. The zero-order valence-corrected chi connectivity index (χ0v) is 24.0. The van der Waals surface area contributed by atoms with E-state index in [-0.39, 0.29) is 29.3 Å². The minimum atomic E-state index is -1.76. The molecule has 5 unspecified atom stereocenters. The number of benzene rings is 2. The largest absolute Gasteiger partial charge is 0.507 e. The molecule has 0 aliphatic carbocycles. The molecule has 0 bridgehead atoms. The van der Waals surface area contributed by atoms with Gasteiger partial charge in [-0.15, -0.1) is 0 Å². The minimum Gasteiger partial charge on any atom is -0.507 e. The Balaban J connectivity index is 1.31. The van der Waals surface area contributed by atoms with Gasteiger partial charge in [-0.3, -0.25) is 4.79 Å². The first-order valence-electron chi connectivity index (χ1n) is 13.9. The van der Waals surface area contributed by atoms with E-state index in [9.17, 15) is 40.5 Å². The Labute approximate surface area is 251 Å². The Morgan fingerprint density at radius 3 is 2.20 bits per heavy atom. The highest BCUT2D eigenvalue weighted by molar-refractivity contribution is 6.02. The number of fused-ring (bicyclic) bond motifs is 1. The van der Waals surface area contributed by atoms with Crippen molar-refractivity contribution < 1.29 is 73.7 Å². The number of ether oxygens (including phenoxy) is 7. The van der Waals surface area contributed by atoms with Crippen LogP contribution < -0.4 is 18.9 Å². The van der Waals surface area contributed by atoms with Gasteiger partial charge in [-0.05, 0) is 24.6 Å². The molecule has 2 saturated heterocycles. The van der Waals surface area contributed by atoms with Crippen LogP contribution in [0.2, 0.25) is 0 Å². The molecule has 5 rings (SSSR count). The summed E-state index contributed by atoms with van der Waals surface area (Å²) in [4.78, 5) is 13.0. The molecule has 0 saturated carbocycles. The lowest BCUT2D eigenvalue weighted by molar-refractivity contribution is -0.318. The zero-order chi connectivity index (χ0) is 31.9. The Morgan fingerprint density at radius 1 is 0.818 bits per heavy atom. The molecule has 3 aliphatic heterocycles. The van der Waals surface area contributed by atoms with Crippen molar-refractivity contribution in [2.24, 2.45) is 0 Å². The molecule has 2 aromatic carbocycles. The number of phenols is 1. The molecule has 2 fully saturated rings. The number of carbonyl (C=O) groups excluding carboxylic acids is 1. The van der Waals surface area contributed by atoms with Gasteiger partial charge in [0.25, 0.3) is 0 Å². The Kier molecular flexibility index (Phi) is 9.50. The summed E-state index contributed by atoms with van der Waals surface area (Å²) in [5.41, 5.74) is 0.551. The van der Waals surface area contributed by atoms with Gasteiger partial charge in [0.15, 0.2) is 23.6 Å². The number of aliphatic hydroxyl groups excluding tert-OH is 6. The van der Waals surface area contributed by atoms with E-state index in [1.54, 1.807) is 18.2 Å². The van der Waals surface area contributed by atoms with Gasteiger partial charge in [0.05, 0.1) is 33.4 Å². The van der Waals surface area contributed by atoms with Crippen LogP contribution in [-0.2, 0) is 14.2 Å². The topological polar surface area (TPSA) is 223 Å². The van der Waals surface area contributed by atoms with Gasteiger partial charge in [-0.25, -0.2) is 0 Å². The number of rotatable bonds is 8. The van der Waals surface area contributed by atoms with Crippen molar-refractivity contribution in [1.29, 1.82) is 0 Å². The number of hydrogen-bond donors (Lipinski definition) is 7. The van der Waals surface area contributed by atoms with E-state index in [0.29, 0.717) is 17.1 Å². The van der Waals surface area contributed by atoms with E-state index in [2.05, 4.69) is 0 Å². The van der Waals surface area contributed by atoms with Crippen LogP contribution in [0.25, 0.3) is 0 Å². The van der Waals surface area contributed by atoms with Crippen LogP contribution >= 0.6 is 0 Å². The van der Waals surface area contributed by atoms with Gasteiger partial charge in [0.2, 0.25) is 6.29 Å². The maximum Gasteiger partial charge on any atom is 0.229 e. The lowest BCUT2D eigenvalue weighted by atomic mass is 9.95. The van der Waals surface area contributed by atoms with Crippen LogP contribution in [-0.4, -0.2) is 124 Å². The first-order chi connectivity index (χ1) is 20.9. The van der Waals surface area contributed by atoms with Crippen molar-refractivity contribution in [2.45, 2.75) is 80.9 Å². The molecule has 0 spiro atoms. The van der Waals surface area contributed by atoms with Crippen LogP contribution in [0.5, 0.6) is 28.7 Å². The smallest absolute Gasteiger partial charge is 0.229 e. The minimum absolute atomic E-state index is 0.0000931. The number of aromatic hydroxyl groups is 1. The van der Waals surface area contributed by atoms with Gasteiger partial charge in [-0.1, -0.05) is 6.07 Å². The zero-order valence-electron chi connectivity index (χ0n) is 24.0. The SMILES string of the molecule is COc1ccc(C2CC(=O)c3c(O)cc(O[C@@H]4OC(CO[C@@H]5OC(C)[C@H](O)C(O)[C@@H]5O)[C@@H](O)[C@H](O)C4O)cc3O2)cc1OC. The van der Waals surface area contributed by atoms with Crippen molar-refractivity contribution in [3.8, 4) is 28.7 Å². The maximum absolute atomic E-state index is 13.0. The molecule has 15 heteroatoms. The molecule has 11 atom stereocenters. The van der Waals surface area contributed by atoms with E-state index < -0.39 is 79.9 Å². The average molecular weight is 625 g/mol. The lowest BCUT2D eigenvalue weighted by Crippen LogP contribution is -2.61. The molecule has 0 aromatic heterocycles. The first-order valence-corrected chi connectivity index (χ1v) is 13.9. The summed E-state index contributed by atoms with van der Waals surface area (Å²) in [7, 11) is 2.97. The normalized spacial score (nSPS) is 35.4. The van der Waals surface area contributed by atoms with Crippen LogP contribution in [0.1, 0.15) is 35.4 Å². The highest BCUT2D eigenvalue weighted by Gasteiger charge is 2.47. The Morgan fingerprint density at radius 2 is 1.50 bits per heavy atom. The number of ketones is 1. The van der Waals surface area contributed by atoms with Crippen LogP contribution in [0, 0.1) is 0 Å².